The molecule has 0 amide bonds. The molecule has 2 rings (SSSR count). The summed E-state index contributed by atoms with van der Waals surface area (Å²) >= 11 is 1.75. The number of nitrogens with zero attached hydrogens (tertiary/aromatic N) is 1. The van der Waals surface area contributed by atoms with Crippen LogP contribution in [0.3, 0.4) is 0 Å². The number of aromatic nitrogens is 1. The monoisotopic (exact) mass is 225 g/mol. The van der Waals surface area contributed by atoms with E-state index in [1.54, 1.807) is 11.3 Å². The van der Waals surface area contributed by atoms with Crippen molar-refractivity contribution in [3.8, 4) is 0 Å². The summed E-state index contributed by atoms with van der Waals surface area (Å²) in [4.78, 5) is 4.50. The van der Waals surface area contributed by atoms with Crippen molar-refractivity contribution in [1.29, 1.82) is 0 Å². The van der Waals surface area contributed by atoms with Gasteiger partial charge in [0.15, 0.2) is 0 Å². The first kappa shape index (κ1) is 11.0. The predicted molar refractivity (Wildman–Crippen MR) is 64.2 cm³/mol. The normalized spacial score (nSPS) is 23.2. The molecule has 84 valence electrons. The van der Waals surface area contributed by atoms with Crippen molar-refractivity contribution in [1.82, 2.24) is 15.6 Å². The Balaban J connectivity index is 1.79. The number of nitrogens with one attached hydrogen (secondary N) is 2. The summed E-state index contributed by atoms with van der Waals surface area (Å²) in [6.45, 7) is 7.69. The van der Waals surface area contributed by atoms with E-state index >= 15 is 0 Å². The first-order valence-corrected chi connectivity index (χ1v) is 6.50. The van der Waals surface area contributed by atoms with Crippen LogP contribution in [0.1, 0.15) is 30.1 Å². The fourth-order valence-electron chi connectivity index (χ4n) is 1.89. The lowest BCUT2D eigenvalue weighted by molar-refractivity contribution is 0.469. The maximum atomic E-state index is 4.50. The molecule has 0 radical (unpaired) electrons. The van der Waals surface area contributed by atoms with E-state index in [4.69, 9.17) is 0 Å². The van der Waals surface area contributed by atoms with E-state index in [9.17, 15) is 0 Å². The van der Waals surface area contributed by atoms with Crippen LogP contribution in [0.5, 0.6) is 0 Å². The summed E-state index contributed by atoms with van der Waals surface area (Å²) in [6.07, 6.45) is 1.30. The minimum Gasteiger partial charge on any atom is -0.316 e. The molecule has 1 aromatic heterocycles. The Hall–Kier alpha value is -0.450. The molecule has 0 aromatic carbocycles. The molecule has 1 saturated heterocycles. The van der Waals surface area contributed by atoms with Crippen molar-refractivity contribution in [2.45, 2.75) is 26.3 Å². The first-order chi connectivity index (χ1) is 7.25. The highest BCUT2D eigenvalue weighted by Crippen LogP contribution is 2.18. The molecule has 4 heteroatoms. The van der Waals surface area contributed by atoms with Gasteiger partial charge >= 0.3 is 0 Å². The van der Waals surface area contributed by atoms with Gasteiger partial charge in [-0.25, -0.2) is 4.98 Å². The Bertz CT molecular complexity index is 305. The van der Waals surface area contributed by atoms with Crippen LogP contribution in [0.15, 0.2) is 5.38 Å². The molecule has 2 heterocycles. The van der Waals surface area contributed by atoms with Crippen LogP contribution in [0.2, 0.25) is 0 Å². The third-order valence-corrected chi connectivity index (χ3v) is 4.03. The highest BCUT2D eigenvalue weighted by atomic mass is 32.1. The molecule has 1 aromatic rings. The van der Waals surface area contributed by atoms with Crippen molar-refractivity contribution in [3.05, 3.63) is 16.1 Å². The van der Waals surface area contributed by atoms with Gasteiger partial charge in [0.1, 0.15) is 5.01 Å². The summed E-state index contributed by atoms with van der Waals surface area (Å²) in [5.74, 6) is 0.800. The molecule has 0 aliphatic carbocycles. The molecular formula is C11H19N3S. The number of rotatable bonds is 4. The average Bonchev–Trinajstić information content (AvgIpc) is 2.84. The molecule has 1 fully saturated rings. The molecule has 0 spiro atoms. The van der Waals surface area contributed by atoms with E-state index in [2.05, 4.69) is 27.9 Å². The van der Waals surface area contributed by atoms with Crippen molar-refractivity contribution in [2.24, 2.45) is 5.92 Å². The highest BCUT2D eigenvalue weighted by Gasteiger charge is 2.16. The van der Waals surface area contributed by atoms with Gasteiger partial charge in [-0.1, -0.05) is 0 Å². The Morgan fingerprint density at radius 2 is 2.60 bits per heavy atom. The largest absolute Gasteiger partial charge is 0.316 e. The lowest BCUT2D eigenvalue weighted by atomic mass is 10.1. The van der Waals surface area contributed by atoms with E-state index in [0.29, 0.717) is 6.04 Å². The molecule has 2 N–H and O–H groups in total. The molecule has 1 aliphatic heterocycles. The van der Waals surface area contributed by atoms with E-state index < -0.39 is 0 Å². The summed E-state index contributed by atoms with van der Waals surface area (Å²) in [6, 6.07) is 0.393. The van der Waals surface area contributed by atoms with Crippen molar-refractivity contribution in [3.63, 3.8) is 0 Å². The summed E-state index contributed by atoms with van der Waals surface area (Å²) in [5.41, 5.74) is 1.13. The maximum absolute atomic E-state index is 4.50. The van der Waals surface area contributed by atoms with Gasteiger partial charge in [-0.2, -0.15) is 0 Å². The Morgan fingerprint density at radius 1 is 1.73 bits per heavy atom. The molecule has 0 saturated carbocycles. The smallest absolute Gasteiger partial charge is 0.110 e. The number of thiazole rings is 1. The van der Waals surface area contributed by atoms with Crippen LogP contribution in [0.25, 0.3) is 0 Å². The zero-order valence-corrected chi connectivity index (χ0v) is 10.2. The topological polar surface area (TPSA) is 37.0 Å². The maximum Gasteiger partial charge on any atom is 0.110 e. The number of hydrogen-bond donors (Lipinski definition) is 2. The SMILES string of the molecule is Cc1csc(C(C)NCC2CCNC2)n1. The third-order valence-electron chi connectivity index (χ3n) is 2.88. The second kappa shape index (κ2) is 5.05. The zero-order valence-electron chi connectivity index (χ0n) is 9.42. The van der Waals surface area contributed by atoms with E-state index in [0.717, 1.165) is 24.7 Å². The standard InChI is InChI=1S/C11H19N3S/c1-8-7-15-11(14-8)9(2)13-6-10-3-4-12-5-10/h7,9-10,12-13H,3-6H2,1-2H3. The van der Waals surface area contributed by atoms with Crippen LogP contribution < -0.4 is 10.6 Å². The van der Waals surface area contributed by atoms with Gasteiger partial charge in [0.05, 0.1) is 6.04 Å². The van der Waals surface area contributed by atoms with Crippen LogP contribution in [-0.4, -0.2) is 24.6 Å². The molecular weight excluding hydrogens is 206 g/mol. The van der Waals surface area contributed by atoms with Gasteiger partial charge in [0, 0.05) is 11.1 Å². The quantitative estimate of drug-likeness (QED) is 0.819. The fourth-order valence-corrected chi connectivity index (χ4v) is 2.72. The van der Waals surface area contributed by atoms with Gasteiger partial charge in [-0.15, -0.1) is 11.3 Å². The molecule has 0 bridgehead atoms. The lowest BCUT2D eigenvalue weighted by Crippen LogP contribution is -2.26. The summed E-state index contributed by atoms with van der Waals surface area (Å²) in [5, 5.41) is 10.3. The van der Waals surface area contributed by atoms with Gasteiger partial charge < -0.3 is 10.6 Å². The van der Waals surface area contributed by atoms with E-state index in [1.807, 2.05) is 6.92 Å². The second-order valence-electron chi connectivity index (χ2n) is 4.32. The molecule has 15 heavy (non-hydrogen) atoms. The van der Waals surface area contributed by atoms with Crippen molar-refractivity contribution >= 4 is 11.3 Å². The third kappa shape index (κ3) is 3.00. The Kier molecular flexibility index (Phi) is 3.72. The van der Waals surface area contributed by atoms with Gasteiger partial charge in [0.25, 0.3) is 0 Å². The minimum atomic E-state index is 0.393. The van der Waals surface area contributed by atoms with Crippen molar-refractivity contribution < 1.29 is 0 Å². The van der Waals surface area contributed by atoms with Gasteiger partial charge in [0.2, 0.25) is 0 Å². The summed E-state index contributed by atoms with van der Waals surface area (Å²) < 4.78 is 0. The van der Waals surface area contributed by atoms with Crippen molar-refractivity contribution in [2.75, 3.05) is 19.6 Å². The zero-order chi connectivity index (χ0) is 10.7. The lowest BCUT2D eigenvalue weighted by Gasteiger charge is -2.14. The summed E-state index contributed by atoms with van der Waals surface area (Å²) in [7, 11) is 0. The Morgan fingerprint density at radius 3 is 3.20 bits per heavy atom. The van der Waals surface area contributed by atoms with E-state index in [-0.39, 0.29) is 0 Å². The highest BCUT2D eigenvalue weighted by molar-refractivity contribution is 7.09. The molecule has 2 unspecified atom stereocenters. The van der Waals surface area contributed by atoms with Gasteiger partial charge in [-0.05, 0) is 45.8 Å². The first-order valence-electron chi connectivity index (χ1n) is 5.62. The molecule has 3 nitrogen and oxygen atoms in total. The fraction of sp³-hybridized carbons (Fsp3) is 0.727. The van der Waals surface area contributed by atoms with Gasteiger partial charge in [-0.3, -0.25) is 0 Å². The minimum absolute atomic E-state index is 0.393. The Labute approximate surface area is 95.3 Å². The van der Waals surface area contributed by atoms with Crippen LogP contribution in [0.4, 0.5) is 0 Å². The van der Waals surface area contributed by atoms with Crippen LogP contribution >= 0.6 is 11.3 Å². The average molecular weight is 225 g/mol. The van der Waals surface area contributed by atoms with Crippen LogP contribution in [-0.2, 0) is 0 Å². The molecule has 1 aliphatic rings. The van der Waals surface area contributed by atoms with E-state index in [1.165, 1.54) is 18.0 Å². The second-order valence-corrected chi connectivity index (χ2v) is 5.21. The predicted octanol–water partition coefficient (Wildman–Crippen LogP) is 1.71. The number of hydrogen-bond acceptors (Lipinski definition) is 4. The molecule has 2 atom stereocenters. The van der Waals surface area contributed by atoms with Crippen LogP contribution in [0, 0.1) is 12.8 Å². The number of aryl methyl sites for hydroxylation is 1.